The summed E-state index contributed by atoms with van der Waals surface area (Å²) in [6.07, 6.45) is 1.30. The predicted octanol–water partition coefficient (Wildman–Crippen LogP) is 2.00. The predicted molar refractivity (Wildman–Crippen MR) is 70.2 cm³/mol. The molecule has 1 rings (SSSR count). The number of nitrogens with one attached hydrogen (secondary N) is 2. The molecule has 1 aromatic rings. The molecule has 6 heteroatoms. The number of methoxy groups -OCH3 is 1. The van der Waals surface area contributed by atoms with Gasteiger partial charge in [0.15, 0.2) is 0 Å². The fraction of sp³-hybridized carbons (Fsp3) is 0.154. The van der Waals surface area contributed by atoms with E-state index in [2.05, 4.69) is 10.6 Å². The zero-order valence-electron chi connectivity index (χ0n) is 10.5. The van der Waals surface area contributed by atoms with Crippen molar-refractivity contribution < 1.29 is 9.53 Å². The summed E-state index contributed by atoms with van der Waals surface area (Å²) in [5.41, 5.74) is 1.14. The molecule has 0 radical (unpaired) electrons. The molecule has 2 N–H and O–H groups in total. The number of rotatable bonds is 4. The molecule has 0 unspecified atom stereocenters. The van der Waals surface area contributed by atoms with E-state index < -0.39 is 0 Å². The lowest BCUT2D eigenvalue weighted by Crippen LogP contribution is -2.07. The number of amides is 1. The maximum Gasteiger partial charge on any atom is 0.221 e. The Balaban J connectivity index is 2.95. The molecule has 0 aliphatic heterocycles. The lowest BCUT2D eigenvalue weighted by Gasteiger charge is -2.10. The van der Waals surface area contributed by atoms with E-state index in [1.54, 1.807) is 30.3 Å². The molecule has 0 heterocycles. The molecular weight excluding hydrogens is 244 g/mol. The van der Waals surface area contributed by atoms with Crippen LogP contribution in [-0.2, 0) is 4.79 Å². The van der Waals surface area contributed by atoms with Crippen LogP contribution in [0, 0.1) is 22.7 Å². The molecule has 0 aliphatic carbocycles. The number of carbonyl (C=O) groups excluding carboxylic acids is 1. The monoisotopic (exact) mass is 256 g/mol. The van der Waals surface area contributed by atoms with Gasteiger partial charge >= 0.3 is 0 Å². The quantitative estimate of drug-likeness (QED) is 0.803. The van der Waals surface area contributed by atoms with Gasteiger partial charge in [-0.25, -0.2) is 0 Å². The first kappa shape index (κ1) is 14.1. The Morgan fingerprint density at radius 1 is 1.37 bits per heavy atom. The Morgan fingerprint density at radius 2 is 2.05 bits per heavy atom. The molecule has 0 saturated heterocycles. The highest BCUT2D eigenvalue weighted by atomic mass is 16.5. The van der Waals surface area contributed by atoms with Gasteiger partial charge in [0.25, 0.3) is 0 Å². The van der Waals surface area contributed by atoms with Gasteiger partial charge < -0.3 is 15.4 Å². The molecule has 0 spiro atoms. The van der Waals surface area contributed by atoms with Crippen LogP contribution in [-0.4, -0.2) is 13.0 Å². The number of benzene rings is 1. The lowest BCUT2D eigenvalue weighted by atomic mass is 10.2. The van der Waals surface area contributed by atoms with Gasteiger partial charge in [0.1, 0.15) is 23.5 Å². The first-order chi connectivity index (χ1) is 9.10. The molecule has 96 valence electrons. The Morgan fingerprint density at radius 3 is 2.58 bits per heavy atom. The molecule has 0 fully saturated rings. The van der Waals surface area contributed by atoms with Crippen LogP contribution in [0.3, 0.4) is 0 Å². The number of carbonyl (C=O) groups is 1. The molecule has 0 atom stereocenters. The second kappa shape index (κ2) is 6.67. The first-order valence-electron chi connectivity index (χ1n) is 5.33. The molecule has 0 bridgehead atoms. The topological polar surface area (TPSA) is 97.9 Å². The molecule has 0 aliphatic rings. The number of hydrogen-bond donors (Lipinski definition) is 2. The molecule has 6 nitrogen and oxygen atoms in total. The third-order valence-electron chi connectivity index (χ3n) is 2.14. The highest BCUT2D eigenvalue weighted by molar-refractivity contribution is 5.90. The van der Waals surface area contributed by atoms with Crippen molar-refractivity contribution in [2.45, 2.75) is 6.92 Å². The number of nitriles is 2. The van der Waals surface area contributed by atoms with Crippen molar-refractivity contribution in [1.29, 1.82) is 10.5 Å². The first-order valence-corrected chi connectivity index (χ1v) is 5.33. The smallest absolute Gasteiger partial charge is 0.221 e. The zero-order valence-corrected chi connectivity index (χ0v) is 10.5. The molecule has 19 heavy (non-hydrogen) atoms. The summed E-state index contributed by atoms with van der Waals surface area (Å²) in [4.78, 5) is 11.0. The van der Waals surface area contributed by atoms with E-state index in [-0.39, 0.29) is 11.5 Å². The van der Waals surface area contributed by atoms with E-state index in [4.69, 9.17) is 15.3 Å². The van der Waals surface area contributed by atoms with Crippen LogP contribution in [0.2, 0.25) is 0 Å². The van der Waals surface area contributed by atoms with Crippen LogP contribution in [0.5, 0.6) is 5.75 Å². The number of ether oxygens (including phenoxy) is 1. The summed E-state index contributed by atoms with van der Waals surface area (Å²) in [5, 5.41) is 22.6. The van der Waals surface area contributed by atoms with Gasteiger partial charge in [-0.05, 0) is 12.1 Å². The SMILES string of the molecule is COc1cc(NC=C(C#N)C#N)ccc1NC(C)=O. The van der Waals surface area contributed by atoms with Gasteiger partial charge in [-0.3, -0.25) is 4.79 Å². The Kier molecular flexibility index (Phi) is 4.94. The van der Waals surface area contributed by atoms with Crippen LogP contribution in [0.15, 0.2) is 30.0 Å². The Hall–Kier alpha value is -2.99. The summed E-state index contributed by atoms with van der Waals surface area (Å²) in [6.45, 7) is 1.40. The minimum absolute atomic E-state index is 0.0371. The number of anilines is 2. The summed E-state index contributed by atoms with van der Waals surface area (Å²) < 4.78 is 5.14. The minimum atomic E-state index is -0.199. The normalized spacial score (nSPS) is 8.63. The van der Waals surface area contributed by atoms with Crippen molar-refractivity contribution in [2.75, 3.05) is 17.7 Å². The van der Waals surface area contributed by atoms with Gasteiger partial charge in [0, 0.05) is 24.9 Å². The maximum atomic E-state index is 11.0. The third-order valence-corrected chi connectivity index (χ3v) is 2.14. The van der Waals surface area contributed by atoms with Crippen LogP contribution in [0.4, 0.5) is 11.4 Å². The standard InChI is InChI=1S/C13H12N4O2/c1-9(18)17-12-4-3-11(5-13(12)19-2)16-8-10(6-14)7-15/h3-5,8,16H,1-2H3,(H,17,18). The number of allylic oxidation sites excluding steroid dienone is 1. The molecule has 0 aromatic heterocycles. The van der Waals surface area contributed by atoms with Crippen LogP contribution < -0.4 is 15.4 Å². The van der Waals surface area contributed by atoms with Crippen molar-refractivity contribution >= 4 is 17.3 Å². The van der Waals surface area contributed by atoms with Crippen LogP contribution >= 0.6 is 0 Å². The fourth-order valence-corrected chi connectivity index (χ4v) is 1.32. The van der Waals surface area contributed by atoms with E-state index in [0.29, 0.717) is 17.1 Å². The van der Waals surface area contributed by atoms with Crippen LogP contribution in [0.25, 0.3) is 0 Å². The van der Waals surface area contributed by atoms with E-state index in [1.807, 2.05) is 0 Å². The summed E-state index contributed by atoms with van der Waals surface area (Å²) in [5.74, 6) is 0.277. The van der Waals surface area contributed by atoms with Gasteiger partial charge in [-0.15, -0.1) is 0 Å². The van der Waals surface area contributed by atoms with E-state index >= 15 is 0 Å². The number of hydrogen-bond acceptors (Lipinski definition) is 5. The zero-order chi connectivity index (χ0) is 14.3. The average Bonchev–Trinajstić information content (AvgIpc) is 2.40. The highest BCUT2D eigenvalue weighted by Gasteiger charge is 2.05. The highest BCUT2D eigenvalue weighted by Crippen LogP contribution is 2.27. The van der Waals surface area contributed by atoms with Gasteiger partial charge in [-0.1, -0.05) is 0 Å². The third kappa shape index (κ3) is 4.06. The maximum absolute atomic E-state index is 11.0. The van der Waals surface area contributed by atoms with Crippen molar-refractivity contribution in [1.82, 2.24) is 0 Å². The summed E-state index contributed by atoms with van der Waals surface area (Å²) >= 11 is 0. The summed E-state index contributed by atoms with van der Waals surface area (Å²) in [7, 11) is 1.48. The van der Waals surface area contributed by atoms with Crippen molar-refractivity contribution in [3.63, 3.8) is 0 Å². The van der Waals surface area contributed by atoms with Gasteiger partial charge in [0.2, 0.25) is 5.91 Å². The Bertz CT molecular complexity index is 578. The van der Waals surface area contributed by atoms with Gasteiger partial charge in [-0.2, -0.15) is 10.5 Å². The minimum Gasteiger partial charge on any atom is -0.494 e. The van der Waals surface area contributed by atoms with Crippen LogP contribution in [0.1, 0.15) is 6.92 Å². The molecule has 0 saturated carbocycles. The van der Waals surface area contributed by atoms with E-state index in [1.165, 1.54) is 20.2 Å². The van der Waals surface area contributed by atoms with Crippen molar-refractivity contribution in [3.8, 4) is 17.9 Å². The molecular formula is C13H12N4O2. The van der Waals surface area contributed by atoms with Gasteiger partial charge in [0.05, 0.1) is 12.8 Å². The summed E-state index contributed by atoms with van der Waals surface area (Å²) in [6, 6.07) is 8.47. The molecule has 1 amide bonds. The van der Waals surface area contributed by atoms with E-state index in [9.17, 15) is 4.79 Å². The largest absolute Gasteiger partial charge is 0.494 e. The Labute approximate surface area is 110 Å². The van der Waals surface area contributed by atoms with Crippen molar-refractivity contribution in [2.24, 2.45) is 0 Å². The van der Waals surface area contributed by atoms with Crippen molar-refractivity contribution in [3.05, 3.63) is 30.0 Å². The fourth-order valence-electron chi connectivity index (χ4n) is 1.32. The average molecular weight is 256 g/mol. The lowest BCUT2D eigenvalue weighted by molar-refractivity contribution is -0.114. The molecule has 1 aromatic carbocycles. The van der Waals surface area contributed by atoms with E-state index in [0.717, 1.165) is 0 Å². The second-order valence-corrected chi connectivity index (χ2v) is 3.52. The number of nitrogens with zero attached hydrogens (tertiary/aromatic N) is 2. The second-order valence-electron chi connectivity index (χ2n) is 3.52.